The summed E-state index contributed by atoms with van der Waals surface area (Å²) < 4.78 is 22.9. The smallest absolute Gasteiger partial charge is 0.167 e. The zero-order chi connectivity index (χ0) is 13.3. The average Bonchev–Trinajstić information content (AvgIpc) is 2.98. The van der Waals surface area contributed by atoms with Gasteiger partial charge >= 0.3 is 0 Å². The molecule has 0 aromatic carbocycles. The van der Waals surface area contributed by atoms with Crippen LogP contribution >= 0.6 is 0 Å². The summed E-state index contributed by atoms with van der Waals surface area (Å²) in [6.45, 7) is 1.02. The van der Waals surface area contributed by atoms with Crippen LogP contribution < -0.4 is 5.32 Å². The molecule has 3 rings (SSSR count). The largest absolute Gasteiger partial charge is 0.307 e. The first kappa shape index (κ1) is 13.1. The van der Waals surface area contributed by atoms with E-state index in [1.54, 1.807) is 0 Å². The summed E-state index contributed by atoms with van der Waals surface area (Å²) in [5, 5.41) is 10.6. The van der Waals surface area contributed by atoms with Gasteiger partial charge in [-0.15, -0.1) is 0 Å². The molecule has 19 heavy (non-hydrogen) atoms. The maximum absolute atomic E-state index is 11.4. The first-order chi connectivity index (χ1) is 9.12. The quantitative estimate of drug-likeness (QED) is 0.848. The van der Waals surface area contributed by atoms with E-state index in [0.717, 1.165) is 31.0 Å². The number of hydrogen-bond acceptors (Lipinski definition) is 5. The number of aromatic nitrogens is 3. The second-order valence-electron chi connectivity index (χ2n) is 5.62. The van der Waals surface area contributed by atoms with Crippen molar-refractivity contribution in [1.29, 1.82) is 0 Å². The summed E-state index contributed by atoms with van der Waals surface area (Å²) in [6.07, 6.45) is 4.95. The monoisotopic (exact) mass is 284 g/mol. The van der Waals surface area contributed by atoms with E-state index in [9.17, 15) is 8.42 Å². The summed E-state index contributed by atoms with van der Waals surface area (Å²) in [5.74, 6) is 2.47. The molecule has 2 unspecified atom stereocenters. The fraction of sp³-hybridized carbons (Fsp3) is 0.833. The molecule has 2 saturated heterocycles. The van der Waals surface area contributed by atoms with Gasteiger partial charge in [0.1, 0.15) is 5.82 Å². The van der Waals surface area contributed by atoms with Crippen LogP contribution in [0.25, 0.3) is 0 Å². The number of piperidine rings is 1. The Labute approximate surface area is 113 Å². The molecular formula is C12H20N4O2S. The molecule has 0 amide bonds. The lowest BCUT2D eigenvalue weighted by Crippen LogP contribution is -2.27. The van der Waals surface area contributed by atoms with E-state index < -0.39 is 9.84 Å². The van der Waals surface area contributed by atoms with Crippen molar-refractivity contribution in [2.24, 2.45) is 5.92 Å². The van der Waals surface area contributed by atoms with Crippen LogP contribution in [-0.2, 0) is 16.3 Å². The highest BCUT2D eigenvalue weighted by Gasteiger charge is 2.29. The molecule has 0 bridgehead atoms. The van der Waals surface area contributed by atoms with Crippen LogP contribution in [0.4, 0.5) is 0 Å². The van der Waals surface area contributed by atoms with Gasteiger partial charge in [-0.3, -0.25) is 5.10 Å². The van der Waals surface area contributed by atoms with Crippen molar-refractivity contribution >= 4 is 9.84 Å². The Morgan fingerprint density at radius 3 is 2.84 bits per heavy atom. The Morgan fingerprint density at radius 1 is 1.26 bits per heavy atom. The van der Waals surface area contributed by atoms with Gasteiger partial charge in [-0.25, -0.2) is 13.4 Å². The number of rotatable bonds is 3. The first-order valence-electron chi connectivity index (χ1n) is 6.97. The minimum Gasteiger partial charge on any atom is -0.307 e. The molecule has 6 nitrogen and oxygen atoms in total. The van der Waals surface area contributed by atoms with Gasteiger partial charge in [0.15, 0.2) is 15.7 Å². The highest BCUT2D eigenvalue weighted by molar-refractivity contribution is 7.91. The summed E-state index contributed by atoms with van der Waals surface area (Å²) >= 11 is 0. The molecule has 2 N–H and O–H groups in total. The Balaban J connectivity index is 1.62. The molecule has 2 aliphatic heterocycles. The van der Waals surface area contributed by atoms with Crippen LogP contribution in [0.2, 0.25) is 0 Å². The summed E-state index contributed by atoms with van der Waals surface area (Å²) in [6, 6.07) is 0.256. The number of sulfone groups is 1. The van der Waals surface area contributed by atoms with E-state index in [1.165, 1.54) is 12.8 Å². The molecule has 106 valence electrons. The van der Waals surface area contributed by atoms with Crippen molar-refractivity contribution in [3.8, 4) is 0 Å². The average molecular weight is 284 g/mol. The summed E-state index contributed by atoms with van der Waals surface area (Å²) in [5.41, 5.74) is 0. The second kappa shape index (κ2) is 5.20. The fourth-order valence-corrected chi connectivity index (χ4v) is 4.80. The molecular weight excluding hydrogens is 264 g/mol. The summed E-state index contributed by atoms with van der Waals surface area (Å²) in [7, 11) is -2.80. The fourth-order valence-electron chi connectivity index (χ4n) is 2.94. The molecule has 3 heterocycles. The Bertz CT molecular complexity index is 534. The maximum Gasteiger partial charge on any atom is 0.167 e. The van der Waals surface area contributed by atoms with Crippen molar-refractivity contribution in [2.75, 3.05) is 18.1 Å². The lowest BCUT2D eigenvalue weighted by Gasteiger charge is -2.20. The highest BCUT2D eigenvalue weighted by Crippen LogP contribution is 2.23. The van der Waals surface area contributed by atoms with Gasteiger partial charge in [-0.05, 0) is 31.7 Å². The zero-order valence-corrected chi connectivity index (χ0v) is 11.7. The maximum atomic E-state index is 11.4. The van der Waals surface area contributed by atoms with Crippen LogP contribution in [0.5, 0.6) is 0 Å². The van der Waals surface area contributed by atoms with Crippen LogP contribution in [0, 0.1) is 5.92 Å². The Morgan fingerprint density at radius 2 is 2.16 bits per heavy atom. The van der Waals surface area contributed by atoms with Crippen molar-refractivity contribution in [1.82, 2.24) is 20.5 Å². The van der Waals surface area contributed by atoms with Gasteiger partial charge in [0, 0.05) is 6.42 Å². The zero-order valence-electron chi connectivity index (χ0n) is 10.9. The van der Waals surface area contributed by atoms with Crippen molar-refractivity contribution < 1.29 is 8.42 Å². The third-order valence-electron chi connectivity index (χ3n) is 3.98. The van der Waals surface area contributed by atoms with Gasteiger partial charge in [0.2, 0.25) is 0 Å². The minimum atomic E-state index is -2.80. The van der Waals surface area contributed by atoms with Crippen LogP contribution in [-0.4, -0.2) is 41.6 Å². The third kappa shape index (κ3) is 3.14. The van der Waals surface area contributed by atoms with E-state index in [2.05, 4.69) is 20.5 Å². The SMILES string of the molecule is O=S1(=O)CCC(Cc2nc(C3CCCCN3)n[nH]2)C1. The van der Waals surface area contributed by atoms with E-state index in [0.29, 0.717) is 17.9 Å². The van der Waals surface area contributed by atoms with Crippen LogP contribution in [0.1, 0.15) is 43.4 Å². The summed E-state index contributed by atoms with van der Waals surface area (Å²) in [4.78, 5) is 4.52. The predicted molar refractivity (Wildman–Crippen MR) is 71.4 cm³/mol. The topological polar surface area (TPSA) is 87.7 Å². The highest BCUT2D eigenvalue weighted by atomic mass is 32.2. The molecule has 0 radical (unpaired) electrons. The number of hydrogen-bond donors (Lipinski definition) is 2. The molecule has 1 aromatic rings. The lowest BCUT2D eigenvalue weighted by atomic mass is 10.0. The van der Waals surface area contributed by atoms with Gasteiger partial charge in [-0.1, -0.05) is 6.42 Å². The normalized spacial score (nSPS) is 30.5. The van der Waals surface area contributed by atoms with E-state index in [-0.39, 0.29) is 12.0 Å². The first-order valence-corrected chi connectivity index (χ1v) is 8.79. The molecule has 2 aliphatic rings. The Kier molecular flexibility index (Phi) is 3.58. The van der Waals surface area contributed by atoms with E-state index in [4.69, 9.17) is 0 Å². The standard InChI is InChI=1S/C12H20N4O2S/c17-19(18)6-4-9(8-19)7-11-14-12(16-15-11)10-3-1-2-5-13-10/h9-10,13H,1-8H2,(H,14,15,16). The number of nitrogens with one attached hydrogen (secondary N) is 2. The van der Waals surface area contributed by atoms with E-state index in [1.807, 2.05) is 0 Å². The van der Waals surface area contributed by atoms with Gasteiger partial charge in [0.05, 0.1) is 17.5 Å². The molecule has 7 heteroatoms. The number of aromatic amines is 1. The van der Waals surface area contributed by atoms with Crippen LogP contribution in [0.15, 0.2) is 0 Å². The lowest BCUT2D eigenvalue weighted by molar-refractivity contribution is 0.398. The number of nitrogens with zero attached hydrogens (tertiary/aromatic N) is 2. The third-order valence-corrected chi connectivity index (χ3v) is 5.82. The molecule has 0 saturated carbocycles. The van der Waals surface area contributed by atoms with Crippen molar-refractivity contribution in [3.05, 3.63) is 11.6 Å². The van der Waals surface area contributed by atoms with Gasteiger partial charge in [0.25, 0.3) is 0 Å². The van der Waals surface area contributed by atoms with Crippen molar-refractivity contribution in [2.45, 2.75) is 38.1 Å². The minimum absolute atomic E-state index is 0.199. The molecule has 0 aliphatic carbocycles. The molecule has 2 fully saturated rings. The van der Waals surface area contributed by atoms with Gasteiger partial charge in [-0.2, -0.15) is 5.10 Å². The van der Waals surface area contributed by atoms with E-state index >= 15 is 0 Å². The second-order valence-corrected chi connectivity index (χ2v) is 7.84. The number of H-pyrrole nitrogens is 1. The Hall–Kier alpha value is -0.950. The van der Waals surface area contributed by atoms with Gasteiger partial charge < -0.3 is 5.32 Å². The molecule has 0 spiro atoms. The predicted octanol–water partition coefficient (Wildman–Crippen LogP) is 0.596. The molecule has 2 atom stereocenters. The van der Waals surface area contributed by atoms with Crippen molar-refractivity contribution in [3.63, 3.8) is 0 Å². The molecule has 1 aromatic heterocycles. The van der Waals surface area contributed by atoms with Crippen LogP contribution in [0.3, 0.4) is 0 Å².